The summed E-state index contributed by atoms with van der Waals surface area (Å²) in [5.74, 6) is -2.71. The van der Waals surface area contributed by atoms with Crippen molar-refractivity contribution in [1.29, 1.82) is 0 Å². The Kier molecular flexibility index (Phi) is 36.6. The Labute approximate surface area is 416 Å². The summed E-state index contributed by atoms with van der Waals surface area (Å²) in [4.78, 5) is 63.7. The molecule has 19 nitrogen and oxygen atoms in total. The molecule has 2 aliphatic heterocycles. The SMILES string of the molecule is CCCCCCCCCCCCOCCOCCOCCOCCOCCOCCOCCOCCOCCOCCOCCCCCC(=O)Nc1cccc2c1C(=O)N(C1CCC(=O)NC1=O)C2=O. The van der Waals surface area contributed by atoms with E-state index in [0.29, 0.717) is 145 Å². The topological polar surface area (TPSA) is 214 Å². The standard InChI is InChI=1S/C51H85N3O16/c1-2-3-4-5-6-7-8-9-10-13-21-60-23-25-62-27-29-64-31-33-66-35-37-68-39-41-70-42-40-69-38-36-67-34-32-65-30-28-63-26-24-61-22-14-11-12-18-46(55)52-44-17-15-16-43-48(44)51(59)54(50(43)58)45-19-20-47(56)53-49(45)57/h15-17,45H,2-14,18-42H2,1H3,(H,52,55)(H,53,56,57). The number of fused-ring (bicyclic) bond motifs is 1. The third-order valence-corrected chi connectivity index (χ3v) is 11.3. The fourth-order valence-electron chi connectivity index (χ4n) is 7.49. The van der Waals surface area contributed by atoms with Gasteiger partial charge in [0, 0.05) is 26.1 Å². The van der Waals surface area contributed by atoms with Crippen molar-refractivity contribution in [2.75, 3.05) is 151 Å². The largest absolute Gasteiger partial charge is 0.379 e. The summed E-state index contributed by atoms with van der Waals surface area (Å²) in [6, 6.07) is 3.53. The Bertz CT molecular complexity index is 1550. The van der Waals surface area contributed by atoms with E-state index >= 15 is 0 Å². The maximum atomic E-state index is 13.2. The molecule has 0 saturated carbocycles. The van der Waals surface area contributed by atoms with Gasteiger partial charge in [-0.3, -0.25) is 34.2 Å². The van der Waals surface area contributed by atoms with Gasteiger partial charge >= 0.3 is 0 Å². The molecular formula is C51H85N3O16. The van der Waals surface area contributed by atoms with Crippen LogP contribution in [0.3, 0.4) is 0 Å². The van der Waals surface area contributed by atoms with E-state index in [2.05, 4.69) is 17.6 Å². The molecule has 1 unspecified atom stereocenters. The quantitative estimate of drug-likeness (QED) is 0.0593. The van der Waals surface area contributed by atoms with E-state index < -0.39 is 29.7 Å². The van der Waals surface area contributed by atoms with Gasteiger partial charge in [-0.1, -0.05) is 77.2 Å². The van der Waals surface area contributed by atoms with Gasteiger partial charge in [0.05, 0.1) is 149 Å². The number of amides is 5. The average molecular weight is 996 g/mol. The van der Waals surface area contributed by atoms with Crippen LogP contribution in [0.4, 0.5) is 5.69 Å². The molecule has 1 fully saturated rings. The molecule has 2 aliphatic rings. The number of ether oxygens (including phenoxy) is 11. The summed E-state index contributed by atoms with van der Waals surface area (Å²) >= 11 is 0. The molecule has 0 spiro atoms. The number of carbonyl (C=O) groups excluding carboxylic acids is 5. The summed E-state index contributed by atoms with van der Waals surface area (Å²) in [5.41, 5.74) is 0.384. The van der Waals surface area contributed by atoms with E-state index in [4.69, 9.17) is 52.1 Å². The summed E-state index contributed by atoms with van der Waals surface area (Å²) in [6.07, 6.45) is 15.8. The monoisotopic (exact) mass is 996 g/mol. The van der Waals surface area contributed by atoms with Gasteiger partial charge in [0.25, 0.3) is 11.8 Å². The Morgan fingerprint density at radius 3 is 1.27 bits per heavy atom. The summed E-state index contributed by atoms with van der Waals surface area (Å²) in [6.45, 7) is 13.6. The Hall–Kier alpha value is -3.47. The van der Waals surface area contributed by atoms with Crippen molar-refractivity contribution >= 4 is 35.2 Å². The van der Waals surface area contributed by atoms with Gasteiger partial charge in [0.1, 0.15) is 6.04 Å². The number of anilines is 1. The highest BCUT2D eigenvalue weighted by molar-refractivity contribution is 6.26. The van der Waals surface area contributed by atoms with Gasteiger partial charge in [-0.25, -0.2) is 0 Å². The van der Waals surface area contributed by atoms with Crippen LogP contribution in [-0.2, 0) is 66.5 Å². The lowest BCUT2D eigenvalue weighted by Crippen LogP contribution is -2.54. The summed E-state index contributed by atoms with van der Waals surface area (Å²) in [5, 5.41) is 4.91. The molecule has 5 amide bonds. The molecule has 70 heavy (non-hydrogen) atoms. The van der Waals surface area contributed by atoms with Crippen LogP contribution in [0, 0.1) is 0 Å². The lowest BCUT2D eigenvalue weighted by atomic mass is 10.0. The third kappa shape index (κ3) is 28.5. The van der Waals surface area contributed by atoms with Crippen molar-refractivity contribution < 1.29 is 76.1 Å². The molecule has 1 atom stereocenters. The van der Waals surface area contributed by atoms with Crippen molar-refractivity contribution in [3.63, 3.8) is 0 Å². The number of nitrogens with one attached hydrogen (secondary N) is 2. The zero-order valence-electron chi connectivity index (χ0n) is 42.2. The highest BCUT2D eigenvalue weighted by atomic mass is 16.6. The number of carbonyl (C=O) groups is 5. The molecule has 1 aromatic rings. The number of imide groups is 2. The number of nitrogens with zero attached hydrogens (tertiary/aromatic N) is 1. The van der Waals surface area contributed by atoms with Crippen LogP contribution in [0.2, 0.25) is 0 Å². The fraction of sp³-hybridized carbons (Fsp3) is 0.784. The van der Waals surface area contributed by atoms with E-state index in [1.54, 1.807) is 12.1 Å². The van der Waals surface area contributed by atoms with Crippen LogP contribution >= 0.6 is 0 Å². The Morgan fingerprint density at radius 2 is 0.871 bits per heavy atom. The molecule has 3 rings (SSSR count). The number of unbranched alkanes of at least 4 members (excludes halogenated alkanes) is 11. The maximum absolute atomic E-state index is 13.2. The minimum absolute atomic E-state index is 0.0279. The fourth-order valence-corrected chi connectivity index (χ4v) is 7.49. The summed E-state index contributed by atoms with van der Waals surface area (Å²) in [7, 11) is 0. The van der Waals surface area contributed by atoms with E-state index in [-0.39, 0.29) is 42.0 Å². The van der Waals surface area contributed by atoms with Crippen molar-refractivity contribution in [3.05, 3.63) is 29.3 Å². The van der Waals surface area contributed by atoms with Gasteiger partial charge in [0.2, 0.25) is 17.7 Å². The van der Waals surface area contributed by atoms with Crippen molar-refractivity contribution in [1.82, 2.24) is 10.2 Å². The van der Waals surface area contributed by atoms with Gasteiger partial charge in [0.15, 0.2) is 0 Å². The van der Waals surface area contributed by atoms with E-state index in [0.717, 1.165) is 30.8 Å². The minimum atomic E-state index is -1.07. The van der Waals surface area contributed by atoms with Gasteiger partial charge < -0.3 is 57.4 Å². The second-order valence-electron chi connectivity index (χ2n) is 17.0. The van der Waals surface area contributed by atoms with Gasteiger partial charge in [-0.2, -0.15) is 0 Å². The van der Waals surface area contributed by atoms with E-state index in [1.807, 2.05) is 0 Å². The number of hydrogen-bond donors (Lipinski definition) is 2. The van der Waals surface area contributed by atoms with Crippen molar-refractivity contribution in [2.24, 2.45) is 0 Å². The van der Waals surface area contributed by atoms with Crippen LogP contribution in [0.5, 0.6) is 0 Å². The predicted octanol–water partition coefficient (Wildman–Crippen LogP) is 5.69. The van der Waals surface area contributed by atoms with Crippen LogP contribution < -0.4 is 10.6 Å². The van der Waals surface area contributed by atoms with Crippen LogP contribution in [-0.4, -0.2) is 186 Å². The number of rotatable bonds is 49. The number of piperidine rings is 1. The first-order valence-electron chi connectivity index (χ1n) is 25.9. The molecule has 1 aromatic carbocycles. The van der Waals surface area contributed by atoms with Crippen LogP contribution in [0.1, 0.15) is 130 Å². The second-order valence-corrected chi connectivity index (χ2v) is 17.0. The van der Waals surface area contributed by atoms with Crippen LogP contribution in [0.15, 0.2) is 18.2 Å². The molecule has 2 heterocycles. The Balaban J connectivity index is 0.946. The van der Waals surface area contributed by atoms with Crippen molar-refractivity contribution in [3.8, 4) is 0 Å². The third-order valence-electron chi connectivity index (χ3n) is 11.3. The first kappa shape index (κ1) is 60.8. The van der Waals surface area contributed by atoms with Crippen LogP contribution in [0.25, 0.3) is 0 Å². The molecule has 1 saturated heterocycles. The number of hydrogen-bond acceptors (Lipinski definition) is 16. The molecule has 0 aromatic heterocycles. The molecule has 0 bridgehead atoms. The van der Waals surface area contributed by atoms with Crippen molar-refractivity contribution in [2.45, 2.75) is 116 Å². The maximum Gasteiger partial charge on any atom is 0.264 e. The first-order chi connectivity index (χ1) is 34.4. The lowest BCUT2D eigenvalue weighted by molar-refractivity contribution is -0.136. The first-order valence-corrected chi connectivity index (χ1v) is 25.9. The zero-order valence-corrected chi connectivity index (χ0v) is 42.2. The molecule has 0 aliphatic carbocycles. The highest BCUT2D eigenvalue weighted by Crippen LogP contribution is 2.32. The minimum Gasteiger partial charge on any atom is -0.379 e. The van der Waals surface area contributed by atoms with E-state index in [1.165, 1.54) is 63.9 Å². The molecule has 0 radical (unpaired) electrons. The molecule has 2 N–H and O–H groups in total. The van der Waals surface area contributed by atoms with Gasteiger partial charge in [-0.15, -0.1) is 0 Å². The highest BCUT2D eigenvalue weighted by Gasteiger charge is 2.45. The summed E-state index contributed by atoms with van der Waals surface area (Å²) < 4.78 is 61.1. The molecule has 19 heteroatoms. The molecule has 400 valence electrons. The second kappa shape index (κ2) is 42.1. The van der Waals surface area contributed by atoms with E-state index in [9.17, 15) is 24.0 Å². The zero-order chi connectivity index (χ0) is 50.0. The average Bonchev–Trinajstić information content (AvgIpc) is 3.61. The van der Waals surface area contributed by atoms with Gasteiger partial charge in [-0.05, 0) is 37.8 Å². The molecular weight excluding hydrogens is 911 g/mol. The Morgan fingerprint density at radius 1 is 0.500 bits per heavy atom. The predicted molar refractivity (Wildman–Crippen MR) is 261 cm³/mol. The smallest absolute Gasteiger partial charge is 0.264 e. The normalized spacial score (nSPS) is 14.8. The lowest BCUT2D eigenvalue weighted by Gasteiger charge is -2.27. The number of benzene rings is 1.